The second kappa shape index (κ2) is 6.35. The van der Waals surface area contributed by atoms with Crippen molar-refractivity contribution >= 4 is 17.8 Å². The van der Waals surface area contributed by atoms with Crippen LogP contribution in [0.1, 0.15) is 13.8 Å². The zero-order chi connectivity index (χ0) is 15.4. The van der Waals surface area contributed by atoms with Gasteiger partial charge in [-0.2, -0.15) is 0 Å². The van der Waals surface area contributed by atoms with Crippen LogP contribution in [0.15, 0.2) is 11.5 Å². The van der Waals surface area contributed by atoms with Gasteiger partial charge in [0.15, 0.2) is 17.6 Å². The lowest BCUT2D eigenvalue weighted by atomic mass is 10.2. The number of hydrogen-bond acceptors (Lipinski definition) is 8. The largest absolute Gasteiger partial charge is 0.505 e. The van der Waals surface area contributed by atoms with Gasteiger partial charge in [-0.1, -0.05) is 0 Å². The first-order valence-corrected chi connectivity index (χ1v) is 5.69. The molecule has 0 aromatic rings. The summed E-state index contributed by atoms with van der Waals surface area (Å²) in [5.74, 6) is -3.09. The summed E-state index contributed by atoms with van der Waals surface area (Å²) in [5, 5.41) is 29.7. The summed E-state index contributed by atoms with van der Waals surface area (Å²) in [6.45, 7) is 1.89. The van der Waals surface area contributed by atoms with E-state index in [0.717, 1.165) is 0 Å². The summed E-state index contributed by atoms with van der Waals surface area (Å²) in [6, 6.07) is -0.832. The molecule has 0 spiro atoms. The molecule has 1 rings (SSSR count). The molecule has 0 fully saturated rings. The zero-order valence-corrected chi connectivity index (χ0v) is 10.8. The van der Waals surface area contributed by atoms with E-state index in [9.17, 15) is 24.6 Å². The Kier molecular flexibility index (Phi) is 5.06. The van der Waals surface area contributed by atoms with Gasteiger partial charge in [0.1, 0.15) is 6.10 Å². The topological polar surface area (TPSA) is 142 Å². The van der Waals surface area contributed by atoms with E-state index in [2.05, 4.69) is 14.8 Å². The number of ketones is 1. The maximum atomic E-state index is 11.4. The Hall–Kier alpha value is -2.13. The Bertz CT molecular complexity index is 457. The SMILES string of the molecule is CC(=O)C(C)NC(=O)OC1=C(O)C(C(O)CO)OC1=O. The van der Waals surface area contributed by atoms with Crippen LogP contribution in [0.25, 0.3) is 0 Å². The third kappa shape index (κ3) is 3.45. The molecule has 3 unspecified atom stereocenters. The normalized spacial score (nSPS) is 21.2. The Morgan fingerprint density at radius 2 is 2.10 bits per heavy atom. The van der Waals surface area contributed by atoms with Crippen molar-refractivity contribution in [1.82, 2.24) is 5.32 Å². The van der Waals surface area contributed by atoms with Gasteiger partial charge in [0.2, 0.25) is 0 Å². The molecule has 9 heteroatoms. The van der Waals surface area contributed by atoms with Crippen LogP contribution in [0.5, 0.6) is 0 Å². The summed E-state index contributed by atoms with van der Waals surface area (Å²) < 4.78 is 9.09. The molecule has 1 heterocycles. The van der Waals surface area contributed by atoms with Crippen molar-refractivity contribution in [2.45, 2.75) is 32.1 Å². The fourth-order valence-electron chi connectivity index (χ4n) is 1.31. The lowest BCUT2D eigenvalue weighted by molar-refractivity contribution is -0.147. The third-order valence-corrected chi connectivity index (χ3v) is 2.60. The van der Waals surface area contributed by atoms with Crippen LogP contribution in [0.3, 0.4) is 0 Å². The van der Waals surface area contributed by atoms with Crippen molar-refractivity contribution < 1.29 is 39.2 Å². The van der Waals surface area contributed by atoms with Gasteiger partial charge >= 0.3 is 12.1 Å². The number of amides is 1. The van der Waals surface area contributed by atoms with E-state index in [-0.39, 0.29) is 5.78 Å². The van der Waals surface area contributed by atoms with Crippen LogP contribution in [0, 0.1) is 0 Å². The average molecular weight is 289 g/mol. The Morgan fingerprint density at radius 3 is 2.60 bits per heavy atom. The van der Waals surface area contributed by atoms with Gasteiger partial charge < -0.3 is 30.1 Å². The average Bonchev–Trinajstić information content (AvgIpc) is 2.65. The molecule has 1 aliphatic heterocycles. The zero-order valence-electron chi connectivity index (χ0n) is 10.8. The van der Waals surface area contributed by atoms with Crippen LogP contribution >= 0.6 is 0 Å². The van der Waals surface area contributed by atoms with Crippen LogP contribution in [-0.2, 0) is 19.1 Å². The highest BCUT2D eigenvalue weighted by Crippen LogP contribution is 2.24. The number of Topliss-reactive ketones (excluding diaryl/α,β-unsaturated/α-hetero) is 1. The van der Waals surface area contributed by atoms with E-state index < -0.39 is 48.4 Å². The Labute approximate surface area is 113 Å². The summed E-state index contributed by atoms with van der Waals surface area (Å²) in [6.07, 6.45) is -4.18. The number of carbonyl (C=O) groups is 3. The highest BCUT2D eigenvalue weighted by atomic mass is 16.6. The highest BCUT2D eigenvalue weighted by molar-refractivity contribution is 5.93. The van der Waals surface area contributed by atoms with E-state index in [0.29, 0.717) is 0 Å². The molecular formula is C11H15NO8. The fraction of sp³-hybridized carbons (Fsp3) is 0.545. The van der Waals surface area contributed by atoms with E-state index in [1.54, 1.807) is 0 Å². The first-order chi connectivity index (χ1) is 9.27. The number of esters is 1. The molecule has 3 atom stereocenters. The number of cyclic esters (lactones) is 1. The van der Waals surface area contributed by atoms with Crippen molar-refractivity contribution in [1.29, 1.82) is 0 Å². The molecule has 0 aromatic heterocycles. The van der Waals surface area contributed by atoms with Crippen molar-refractivity contribution in [2.75, 3.05) is 6.61 Å². The fourth-order valence-corrected chi connectivity index (χ4v) is 1.31. The van der Waals surface area contributed by atoms with Crippen LogP contribution in [-0.4, -0.2) is 58.0 Å². The smallest absolute Gasteiger partial charge is 0.413 e. The van der Waals surface area contributed by atoms with Crippen molar-refractivity contribution in [3.05, 3.63) is 11.5 Å². The Balaban J connectivity index is 2.75. The number of carbonyl (C=O) groups excluding carboxylic acids is 3. The molecule has 1 aliphatic rings. The van der Waals surface area contributed by atoms with E-state index in [1.165, 1.54) is 13.8 Å². The first kappa shape index (κ1) is 15.9. The van der Waals surface area contributed by atoms with Crippen LogP contribution in [0.2, 0.25) is 0 Å². The molecule has 20 heavy (non-hydrogen) atoms. The maximum absolute atomic E-state index is 11.4. The quantitative estimate of drug-likeness (QED) is 0.459. The number of aliphatic hydroxyl groups excluding tert-OH is 3. The number of hydrogen-bond donors (Lipinski definition) is 4. The van der Waals surface area contributed by atoms with E-state index >= 15 is 0 Å². The maximum Gasteiger partial charge on any atom is 0.413 e. The molecule has 1 amide bonds. The molecule has 112 valence electrons. The van der Waals surface area contributed by atoms with Gasteiger partial charge in [0.25, 0.3) is 5.76 Å². The number of nitrogens with one attached hydrogen (secondary N) is 1. The van der Waals surface area contributed by atoms with Crippen molar-refractivity contribution in [3.63, 3.8) is 0 Å². The molecular weight excluding hydrogens is 274 g/mol. The lowest BCUT2D eigenvalue weighted by Crippen LogP contribution is -2.37. The number of aliphatic hydroxyl groups is 3. The standard InChI is InChI=1S/C11H15NO8/c1-4(5(2)14)12-11(18)20-9-7(16)8(6(15)3-13)19-10(9)17/h4,6,8,13,15-16H,3H2,1-2H3,(H,12,18). The number of alkyl carbamates (subject to hydrolysis) is 1. The Morgan fingerprint density at radius 1 is 1.50 bits per heavy atom. The number of rotatable bonds is 5. The summed E-state index contributed by atoms with van der Waals surface area (Å²) in [7, 11) is 0. The van der Waals surface area contributed by atoms with E-state index in [1.807, 2.05) is 0 Å². The van der Waals surface area contributed by atoms with Gasteiger partial charge in [-0.3, -0.25) is 4.79 Å². The van der Waals surface area contributed by atoms with Gasteiger partial charge in [0.05, 0.1) is 12.6 Å². The molecule has 0 aliphatic carbocycles. The monoisotopic (exact) mass is 289 g/mol. The van der Waals surface area contributed by atoms with Gasteiger partial charge in [-0.05, 0) is 13.8 Å². The lowest BCUT2D eigenvalue weighted by Gasteiger charge is -2.13. The first-order valence-electron chi connectivity index (χ1n) is 5.69. The molecule has 0 radical (unpaired) electrons. The molecule has 4 N–H and O–H groups in total. The summed E-state index contributed by atoms with van der Waals surface area (Å²) >= 11 is 0. The number of ether oxygens (including phenoxy) is 2. The van der Waals surface area contributed by atoms with E-state index in [4.69, 9.17) is 5.11 Å². The highest BCUT2D eigenvalue weighted by Gasteiger charge is 2.41. The summed E-state index contributed by atoms with van der Waals surface area (Å²) in [4.78, 5) is 33.7. The minimum absolute atomic E-state index is 0.331. The second-order valence-electron chi connectivity index (χ2n) is 4.16. The predicted molar refractivity (Wildman–Crippen MR) is 62.4 cm³/mol. The van der Waals surface area contributed by atoms with Crippen LogP contribution < -0.4 is 5.32 Å². The molecule has 9 nitrogen and oxygen atoms in total. The second-order valence-corrected chi connectivity index (χ2v) is 4.16. The van der Waals surface area contributed by atoms with Gasteiger partial charge in [-0.15, -0.1) is 0 Å². The van der Waals surface area contributed by atoms with Gasteiger partial charge in [0, 0.05) is 0 Å². The summed E-state index contributed by atoms with van der Waals surface area (Å²) in [5.41, 5.74) is 0. The molecule has 0 saturated carbocycles. The van der Waals surface area contributed by atoms with Crippen molar-refractivity contribution in [2.24, 2.45) is 0 Å². The predicted octanol–water partition coefficient (Wildman–Crippen LogP) is -1.26. The van der Waals surface area contributed by atoms with Gasteiger partial charge in [-0.25, -0.2) is 9.59 Å². The third-order valence-electron chi connectivity index (χ3n) is 2.60. The molecule has 0 aromatic carbocycles. The van der Waals surface area contributed by atoms with Crippen LogP contribution in [0.4, 0.5) is 4.79 Å². The minimum Gasteiger partial charge on any atom is -0.505 e. The minimum atomic E-state index is -1.54. The molecule has 0 bridgehead atoms. The van der Waals surface area contributed by atoms with Crippen molar-refractivity contribution in [3.8, 4) is 0 Å². The molecule has 0 saturated heterocycles.